The van der Waals surface area contributed by atoms with Crippen molar-refractivity contribution in [1.82, 2.24) is 9.88 Å². The van der Waals surface area contributed by atoms with Crippen LogP contribution in [0.2, 0.25) is 0 Å². The second-order valence-electron chi connectivity index (χ2n) is 6.68. The molecule has 1 atom stereocenters. The highest BCUT2D eigenvalue weighted by molar-refractivity contribution is 7.89. The van der Waals surface area contributed by atoms with E-state index in [0.29, 0.717) is 30.8 Å². The van der Waals surface area contributed by atoms with Gasteiger partial charge >= 0.3 is 0 Å². The van der Waals surface area contributed by atoms with Gasteiger partial charge in [0.15, 0.2) is 0 Å². The molecule has 0 radical (unpaired) electrons. The van der Waals surface area contributed by atoms with Crippen LogP contribution in [0.3, 0.4) is 0 Å². The number of rotatable bonds is 4. The van der Waals surface area contributed by atoms with E-state index >= 15 is 0 Å². The summed E-state index contributed by atoms with van der Waals surface area (Å²) in [6.07, 6.45) is 2.31. The number of pyridine rings is 1. The Kier molecular flexibility index (Phi) is 4.74. The zero-order valence-corrected chi connectivity index (χ0v) is 15.8. The molecule has 8 heteroatoms. The summed E-state index contributed by atoms with van der Waals surface area (Å²) in [5.41, 5.74) is 1.22. The minimum absolute atomic E-state index is 0.0184. The largest absolute Gasteiger partial charge is 0.486 e. The number of nitrogens with two attached hydrogens (primary N) is 1. The first kappa shape index (κ1) is 18.4. The average Bonchev–Trinajstić information content (AvgIpc) is 3.16. The van der Waals surface area contributed by atoms with Crippen LogP contribution in [0.1, 0.15) is 16.8 Å². The third-order valence-corrected chi connectivity index (χ3v) is 5.68. The van der Waals surface area contributed by atoms with E-state index in [1.165, 1.54) is 24.3 Å². The lowest BCUT2D eigenvalue weighted by Crippen LogP contribution is -2.31. The second kappa shape index (κ2) is 7.21. The maximum absolute atomic E-state index is 12.7. The summed E-state index contributed by atoms with van der Waals surface area (Å²) in [6.45, 7) is 1.03. The molecule has 144 valence electrons. The lowest BCUT2D eigenvalue weighted by atomic mass is 10.2. The molecule has 1 aromatic heterocycles. The summed E-state index contributed by atoms with van der Waals surface area (Å²) >= 11 is 0. The van der Waals surface area contributed by atoms with Gasteiger partial charge in [-0.05, 0) is 36.4 Å². The third kappa shape index (κ3) is 3.69. The van der Waals surface area contributed by atoms with Crippen molar-refractivity contribution in [2.45, 2.75) is 17.4 Å². The molecular formula is C20H19N3O4S. The van der Waals surface area contributed by atoms with E-state index in [0.717, 1.165) is 10.9 Å². The number of benzene rings is 2. The Morgan fingerprint density at radius 3 is 2.61 bits per heavy atom. The first-order valence-electron chi connectivity index (χ1n) is 8.84. The van der Waals surface area contributed by atoms with E-state index in [4.69, 9.17) is 9.88 Å². The van der Waals surface area contributed by atoms with Gasteiger partial charge in [-0.2, -0.15) is 0 Å². The average molecular weight is 397 g/mol. The topological polar surface area (TPSA) is 103 Å². The normalized spacial score (nSPS) is 17.0. The van der Waals surface area contributed by atoms with Crippen LogP contribution < -0.4 is 9.88 Å². The van der Waals surface area contributed by atoms with Gasteiger partial charge in [0, 0.05) is 30.1 Å². The number of amides is 1. The van der Waals surface area contributed by atoms with E-state index in [2.05, 4.69) is 4.98 Å². The van der Waals surface area contributed by atoms with E-state index in [1.54, 1.807) is 11.1 Å². The van der Waals surface area contributed by atoms with E-state index in [-0.39, 0.29) is 16.9 Å². The summed E-state index contributed by atoms with van der Waals surface area (Å²) in [7, 11) is -3.78. The molecule has 7 nitrogen and oxygen atoms in total. The molecule has 1 amide bonds. The fourth-order valence-electron chi connectivity index (χ4n) is 3.33. The number of ether oxygens (including phenoxy) is 1. The molecule has 0 aliphatic carbocycles. The standard InChI is InChI=1S/C20H19N3O4S/c21-28(25,26)17-8-6-15(7-9-17)20(24)23-12-10-16(13-23)27-18-5-1-3-14-4-2-11-22-19(14)18/h1-9,11,16H,10,12-13H2,(H2,21,25,26). The molecule has 0 bridgehead atoms. The number of hydrogen-bond donors (Lipinski definition) is 1. The number of likely N-dealkylation sites (tertiary alicyclic amines) is 1. The van der Waals surface area contributed by atoms with Gasteiger partial charge in [0.25, 0.3) is 5.91 Å². The zero-order valence-electron chi connectivity index (χ0n) is 15.0. The highest BCUT2D eigenvalue weighted by atomic mass is 32.2. The van der Waals surface area contributed by atoms with Crippen molar-refractivity contribution in [3.63, 3.8) is 0 Å². The van der Waals surface area contributed by atoms with Crippen LogP contribution in [-0.4, -0.2) is 43.4 Å². The quantitative estimate of drug-likeness (QED) is 0.727. The van der Waals surface area contributed by atoms with Crippen LogP contribution in [-0.2, 0) is 10.0 Å². The van der Waals surface area contributed by atoms with Gasteiger partial charge in [-0.25, -0.2) is 13.6 Å². The first-order chi connectivity index (χ1) is 13.4. The van der Waals surface area contributed by atoms with Gasteiger partial charge in [-0.15, -0.1) is 0 Å². The Hall–Kier alpha value is -2.97. The third-order valence-electron chi connectivity index (χ3n) is 4.75. The van der Waals surface area contributed by atoms with Gasteiger partial charge in [0.2, 0.25) is 10.0 Å². The summed E-state index contributed by atoms with van der Waals surface area (Å²) in [6, 6.07) is 15.3. The van der Waals surface area contributed by atoms with Crippen molar-refractivity contribution in [3.8, 4) is 5.75 Å². The van der Waals surface area contributed by atoms with Crippen LogP contribution in [0.25, 0.3) is 10.9 Å². The van der Waals surface area contributed by atoms with Crippen LogP contribution in [0.5, 0.6) is 5.75 Å². The number of fused-ring (bicyclic) bond motifs is 1. The number of aromatic nitrogens is 1. The SMILES string of the molecule is NS(=O)(=O)c1ccc(C(=O)N2CCC(Oc3cccc4cccnc34)C2)cc1. The minimum atomic E-state index is -3.78. The number of para-hydroxylation sites is 1. The van der Waals surface area contributed by atoms with Gasteiger partial charge in [-0.3, -0.25) is 9.78 Å². The van der Waals surface area contributed by atoms with E-state index in [1.807, 2.05) is 30.3 Å². The number of sulfonamides is 1. The molecule has 1 unspecified atom stereocenters. The van der Waals surface area contributed by atoms with Crippen molar-refractivity contribution in [1.29, 1.82) is 0 Å². The van der Waals surface area contributed by atoms with Crippen molar-refractivity contribution in [2.75, 3.05) is 13.1 Å². The lowest BCUT2D eigenvalue weighted by Gasteiger charge is -2.18. The van der Waals surface area contributed by atoms with Gasteiger partial charge in [0.1, 0.15) is 17.4 Å². The highest BCUT2D eigenvalue weighted by Gasteiger charge is 2.29. The Balaban J connectivity index is 1.46. The van der Waals surface area contributed by atoms with Gasteiger partial charge < -0.3 is 9.64 Å². The molecule has 2 aromatic carbocycles. The van der Waals surface area contributed by atoms with Crippen LogP contribution in [0.4, 0.5) is 0 Å². The van der Waals surface area contributed by atoms with Crippen molar-refractivity contribution in [2.24, 2.45) is 5.14 Å². The van der Waals surface area contributed by atoms with Gasteiger partial charge in [-0.1, -0.05) is 18.2 Å². The number of primary sulfonamides is 1. The Morgan fingerprint density at radius 2 is 1.86 bits per heavy atom. The van der Waals surface area contributed by atoms with Crippen molar-refractivity contribution >= 4 is 26.8 Å². The summed E-state index contributed by atoms with van der Waals surface area (Å²) in [5, 5.41) is 6.09. The molecular weight excluding hydrogens is 378 g/mol. The molecule has 1 aliphatic rings. The molecule has 1 fully saturated rings. The van der Waals surface area contributed by atoms with Crippen molar-refractivity contribution in [3.05, 3.63) is 66.4 Å². The summed E-state index contributed by atoms with van der Waals surface area (Å²) in [4.78, 5) is 18.8. The minimum Gasteiger partial charge on any atom is -0.486 e. The molecule has 1 aliphatic heterocycles. The molecule has 28 heavy (non-hydrogen) atoms. The number of carbonyl (C=O) groups is 1. The van der Waals surface area contributed by atoms with Crippen LogP contribution in [0, 0.1) is 0 Å². The maximum atomic E-state index is 12.7. The Labute approximate surface area is 162 Å². The molecule has 0 saturated carbocycles. The highest BCUT2D eigenvalue weighted by Crippen LogP contribution is 2.26. The maximum Gasteiger partial charge on any atom is 0.253 e. The summed E-state index contributed by atoms with van der Waals surface area (Å²) in [5.74, 6) is 0.540. The molecule has 4 rings (SSSR count). The Morgan fingerprint density at radius 1 is 1.11 bits per heavy atom. The monoisotopic (exact) mass is 397 g/mol. The van der Waals surface area contributed by atoms with Gasteiger partial charge in [0.05, 0.1) is 11.4 Å². The molecule has 2 heterocycles. The summed E-state index contributed by atoms with van der Waals surface area (Å²) < 4.78 is 28.8. The number of hydrogen-bond acceptors (Lipinski definition) is 5. The lowest BCUT2D eigenvalue weighted by molar-refractivity contribution is 0.0772. The van der Waals surface area contributed by atoms with Crippen molar-refractivity contribution < 1.29 is 17.9 Å². The van der Waals surface area contributed by atoms with E-state index in [9.17, 15) is 13.2 Å². The van der Waals surface area contributed by atoms with Crippen LogP contribution >= 0.6 is 0 Å². The fourth-order valence-corrected chi connectivity index (χ4v) is 3.84. The Bertz CT molecular complexity index is 1120. The molecule has 0 spiro atoms. The fraction of sp³-hybridized carbons (Fsp3) is 0.200. The first-order valence-corrected chi connectivity index (χ1v) is 10.4. The van der Waals surface area contributed by atoms with E-state index < -0.39 is 10.0 Å². The van der Waals surface area contributed by atoms with Crippen LogP contribution in [0.15, 0.2) is 65.7 Å². The predicted molar refractivity (Wildman–Crippen MR) is 104 cm³/mol. The smallest absolute Gasteiger partial charge is 0.253 e. The molecule has 2 N–H and O–H groups in total. The second-order valence-corrected chi connectivity index (χ2v) is 8.24. The molecule has 1 saturated heterocycles. The predicted octanol–water partition coefficient (Wildman–Crippen LogP) is 2.18. The number of carbonyl (C=O) groups excluding carboxylic acids is 1. The number of nitrogens with zero attached hydrogens (tertiary/aromatic N) is 2. The molecule has 3 aromatic rings. The zero-order chi connectivity index (χ0) is 19.7.